The lowest BCUT2D eigenvalue weighted by Gasteiger charge is -2.31. The Labute approximate surface area is 209 Å². The van der Waals surface area contributed by atoms with Gasteiger partial charge in [0.15, 0.2) is 6.10 Å². The van der Waals surface area contributed by atoms with Gasteiger partial charge in [0, 0.05) is 48.0 Å². The van der Waals surface area contributed by atoms with Crippen LogP contribution >= 0.6 is 0 Å². The normalized spacial score (nSPS) is 13.9. The Balaban J connectivity index is 1.33. The fourth-order valence-corrected chi connectivity index (χ4v) is 4.35. The number of fused-ring (bicyclic) bond motifs is 1. The Kier molecular flexibility index (Phi) is 6.71. The molecule has 0 spiro atoms. The van der Waals surface area contributed by atoms with Crippen LogP contribution in [0, 0.1) is 0 Å². The second-order valence-corrected chi connectivity index (χ2v) is 8.59. The highest BCUT2D eigenvalue weighted by atomic mass is 16.5. The van der Waals surface area contributed by atoms with Gasteiger partial charge in [0.1, 0.15) is 5.69 Å². The average molecular weight is 479 g/mol. The molecule has 0 aliphatic carbocycles. The van der Waals surface area contributed by atoms with Crippen LogP contribution in [0.2, 0.25) is 0 Å². The summed E-state index contributed by atoms with van der Waals surface area (Å²) in [5.74, 6) is -0.817. The molecule has 0 radical (unpaired) electrons. The monoisotopic (exact) mass is 478 g/mol. The molecule has 3 heterocycles. The molecule has 2 aromatic carbocycles. The number of aryl methyl sites for hydroxylation is 1. The van der Waals surface area contributed by atoms with Crippen LogP contribution in [-0.4, -0.2) is 39.3 Å². The van der Waals surface area contributed by atoms with E-state index in [0.717, 1.165) is 40.9 Å². The number of pyridine rings is 1. The maximum atomic E-state index is 13.1. The topological polar surface area (TPSA) is 77.3 Å². The van der Waals surface area contributed by atoms with E-state index in [9.17, 15) is 9.59 Å². The molecule has 2 aromatic heterocycles. The fourth-order valence-electron chi connectivity index (χ4n) is 4.35. The molecule has 0 fully saturated rings. The third-order valence-electron chi connectivity index (χ3n) is 6.11. The van der Waals surface area contributed by atoms with Gasteiger partial charge in [0.2, 0.25) is 0 Å². The Hall–Kier alpha value is -4.52. The number of esters is 1. The molecular weight excluding hydrogens is 452 g/mol. The van der Waals surface area contributed by atoms with Crippen molar-refractivity contribution >= 4 is 23.6 Å². The number of rotatable bonds is 6. The van der Waals surface area contributed by atoms with E-state index in [1.165, 1.54) is 6.08 Å². The highest BCUT2D eigenvalue weighted by molar-refractivity contribution is 5.99. The molecular formula is C29H26N4O3. The van der Waals surface area contributed by atoms with Gasteiger partial charge in [0.05, 0.1) is 5.69 Å². The summed E-state index contributed by atoms with van der Waals surface area (Å²) in [5.41, 5.74) is 5.16. The Morgan fingerprint density at radius 1 is 1.03 bits per heavy atom. The SMILES string of the molecule is CC(OC(=O)C=Cc1cn(-c2ccccc2)nc1-c1cccnc1)C(=O)N1CCCc2ccccc21. The number of ether oxygens (including phenoxy) is 1. The number of aromatic nitrogens is 3. The fraction of sp³-hybridized carbons (Fsp3) is 0.172. The van der Waals surface area contributed by atoms with Crippen molar-refractivity contribution in [3.8, 4) is 16.9 Å². The molecule has 5 rings (SSSR count). The van der Waals surface area contributed by atoms with Crippen LogP contribution in [0.25, 0.3) is 23.0 Å². The molecule has 7 nitrogen and oxygen atoms in total. The van der Waals surface area contributed by atoms with Crippen molar-refractivity contribution in [3.05, 3.63) is 103 Å². The first kappa shape index (κ1) is 23.2. The summed E-state index contributed by atoms with van der Waals surface area (Å²) >= 11 is 0. The van der Waals surface area contributed by atoms with E-state index in [2.05, 4.69) is 4.98 Å². The summed E-state index contributed by atoms with van der Waals surface area (Å²) in [6.07, 6.45) is 9.18. The number of hydrogen-bond donors (Lipinski definition) is 0. The van der Waals surface area contributed by atoms with E-state index in [4.69, 9.17) is 9.84 Å². The van der Waals surface area contributed by atoms with E-state index in [1.54, 1.807) is 35.0 Å². The second-order valence-electron chi connectivity index (χ2n) is 8.59. The molecule has 0 saturated heterocycles. The van der Waals surface area contributed by atoms with Crippen molar-refractivity contribution < 1.29 is 14.3 Å². The number of carbonyl (C=O) groups is 2. The van der Waals surface area contributed by atoms with Crippen molar-refractivity contribution in [3.63, 3.8) is 0 Å². The van der Waals surface area contributed by atoms with Crippen LogP contribution in [0.1, 0.15) is 24.5 Å². The van der Waals surface area contributed by atoms with Crippen molar-refractivity contribution in [2.45, 2.75) is 25.9 Å². The van der Waals surface area contributed by atoms with E-state index < -0.39 is 12.1 Å². The van der Waals surface area contributed by atoms with Crippen LogP contribution in [0.3, 0.4) is 0 Å². The zero-order valence-corrected chi connectivity index (χ0v) is 19.9. The summed E-state index contributed by atoms with van der Waals surface area (Å²) in [5, 5.41) is 4.71. The van der Waals surface area contributed by atoms with Gasteiger partial charge < -0.3 is 9.64 Å². The third kappa shape index (κ3) is 4.95. The van der Waals surface area contributed by atoms with Gasteiger partial charge in [-0.1, -0.05) is 36.4 Å². The van der Waals surface area contributed by atoms with E-state index >= 15 is 0 Å². The summed E-state index contributed by atoms with van der Waals surface area (Å²) in [6, 6.07) is 21.3. The quantitative estimate of drug-likeness (QED) is 0.292. The van der Waals surface area contributed by atoms with Crippen molar-refractivity contribution in [1.29, 1.82) is 0 Å². The molecule has 1 atom stereocenters. The number of amides is 1. The number of anilines is 1. The molecule has 36 heavy (non-hydrogen) atoms. The molecule has 1 aliphatic heterocycles. The molecule has 7 heteroatoms. The average Bonchev–Trinajstić information content (AvgIpc) is 3.36. The van der Waals surface area contributed by atoms with Gasteiger partial charge in [-0.05, 0) is 61.7 Å². The highest BCUT2D eigenvalue weighted by Gasteiger charge is 2.28. The first-order valence-corrected chi connectivity index (χ1v) is 11.9. The first-order chi connectivity index (χ1) is 17.6. The summed E-state index contributed by atoms with van der Waals surface area (Å²) in [6.45, 7) is 2.22. The molecule has 0 bridgehead atoms. The minimum atomic E-state index is -0.904. The van der Waals surface area contributed by atoms with E-state index in [0.29, 0.717) is 12.2 Å². The van der Waals surface area contributed by atoms with Crippen LogP contribution in [0.15, 0.2) is 91.4 Å². The standard InChI is InChI=1S/C29H26N4O3/c1-21(29(35)32-18-8-11-22-9-5-6-14-26(22)32)36-27(34)16-15-24-20-33(25-12-3-2-4-13-25)31-28(24)23-10-7-17-30-19-23/h2-7,9-10,12-17,19-21H,8,11,18H2,1H3. The zero-order valence-electron chi connectivity index (χ0n) is 19.9. The second kappa shape index (κ2) is 10.4. The lowest BCUT2D eigenvalue weighted by molar-refractivity contribution is -0.149. The van der Waals surface area contributed by atoms with Crippen molar-refractivity contribution in [2.24, 2.45) is 0 Å². The van der Waals surface area contributed by atoms with Crippen molar-refractivity contribution in [1.82, 2.24) is 14.8 Å². The van der Waals surface area contributed by atoms with Crippen molar-refractivity contribution in [2.75, 3.05) is 11.4 Å². The van der Waals surface area contributed by atoms with Gasteiger partial charge in [0.25, 0.3) is 5.91 Å². The number of nitrogens with zero attached hydrogens (tertiary/aromatic N) is 4. The number of hydrogen-bond acceptors (Lipinski definition) is 5. The Bertz CT molecular complexity index is 1400. The lowest BCUT2D eigenvalue weighted by Crippen LogP contribution is -2.42. The molecule has 0 saturated carbocycles. The minimum absolute atomic E-state index is 0.225. The maximum absolute atomic E-state index is 13.1. The molecule has 180 valence electrons. The summed E-state index contributed by atoms with van der Waals surface area (Å²) in [7, 11) is 0. The summed E-state index contributed by atoms with van der Waals surface area (Å²) in [4.78, 5) is 31.6. The number of para-hydroxylation sites is 2. The van der Waals surface area contributed by atoms with E-state index in [-0.39, 0.29) is 5.91 Å². The first-order valence-electron chi connectivity index (χ1n) is 11.9. The van der Waals surface area contributed by atoms with Gasteiger partial charge in [-0.3, -0.25) is 9.78 Å². The Morgan fingerprint density at radius 3 is 2.64 bits per heavy atom. The van der Waals surface area contributed by atoms with Gasteiger partial charge >= 0.3 is 5.97 Å². The third-order valence-corrected chi connectivity index (χ3v) is 6.11. The zero-order chi connectivity index (χ0) is 24.9. The van der Waals surface area contributed by atoms with Crippen LogP contribution in [-0.2, 0) is 20.7 Å². The Morgan fingerprint density at radius 2 is 1.83 bits per heavy atom. The lowest BCUT2D eigenvalue weighted by atomic mass is 10.0. The predicted molar refractivity (Wildman–Crippen MR) is 138 cm³/mol. The summed E-state index contributed by atoms with van der Waals surface area (Å²) < 4.78 is 7.24. The van der Waals surface area contributed by atoms with Gasteiger partial charge in [-0.25, -0.2) is 9.48 Å². The predicted octanol–water partition coefficient (Wildman–Crippen LogP) is 4.86. The van der Waals surface area contributed by atoms with E-state index in [1.807, 2.05) is 72.9 Å². The number of benzene rings is 2. The molecule has 1 amide bonds. The molecule has 0 N–H and O–H groups in total. The van der Waals surface area contributed by atoms with Crippen LogP contribution < -0.4 is 4.90 Å². The van der Waals surface area contributed by atoms with Crippen LogP contribution in [0.5, 0.6) is 0 Å². The van der Waals surface area contributed by atoms with Crippen LogP contribution in [0.4, 0.5) is 5.69 Å². The molecule has 1 unspecified atom stereocenters. The molecule has 1 aliphatic rings. The molecule has 4 aromatic rings. The van der Waals surface area contributed by atoms with Gasteiger partial charge in [-0.15, -0.1) is 0 Å². The highest BCUT2D eigenvalue weighted by Crippen LogP contribution is 2.28. The number of carbonyl (C=O) groups excluding carboxylic acids is 2. The van der Waals surface area contributed by atoms with Gasteiger partial charge in [-0.2, -0.15) is 5.10 Å². The smallest absolute Gasteiger partial charge is 0.331 e. The minimum Gasteiger partial charge on any atom is -0.449 e. The maximum Gasteiger partial charge on any atom is 0.331 e. The largest absolute Gasteiger partial charge is 0.449 e.